The number of benzene rings is 1. The number of nitrogens with zero attached hydrogens (tertiary/aromatic N) is 4. The highest BCUT2D eigenvalue weighted by molar-refractivity contribution is 5.79. The third-order valence-corrected chi connectivity index (χ3v) is 4.09. The standard InChI is InChI=1S/C19H24N6O/c1-20-19(21-11-6-8-15-7-5-9-16(13-15)26-2)22-14-18-24-23-17-10-3-4-12-25(17)18/h3-5,7,9-10,12-13H,6,8,11,14H2,1-2H3,(H2,20,21,22). The molecule has 0 bridgehead atoms. The lowest BCUT2D eigenvalue weighted by molar-refractivity contribution is 0.414. The van der Waals surface area contributed by atoms with Gasteiger partial charge < -0.3 is 15.4 Å². The van der Waals surface area contributed by atoms with Crippen molar-refractivity contribution in [3.05, 3.63) is 60.0 Å². The van der Waals surface area contributed by atoms with Crippen LogP contribution in [0.15, 0.2) is 53.7 Å². The molecule has 3 rings (SSSR count). The summed E-state index contributed by atoms with van der Waals surface area (Å²) in [5.41, 5.74) is 2.11. The van der Waals surface area contributed by atoms with Gasteiger partial charge in [-0.15, -0.1) is 10.2 Å². The third kappa shape index (κ3) is 4.50. The van der Waals surface area contributed by atoms with Crippen molar-refractivity contribution in [1.82, 2.24) is 25.2 Å². The molecule has 0 aliphatic carbocycles. The van der Waals surface area contributed by atoms with Gasteiger partial charge in [0.2, 0.25) is 0 Å². The molecule has 0 fully saturated rings. The van der Waals surface area contributed by atoms with Gasteiger partial charge in [0.1, 0.15) is 5.75 Å². The highest BCUT2D eigenvalue weighted by atomic mass is 16.5. The Morgan fingerprint density at radius 1 is 1.15 bits per heavy atom. The second-order valence-corrected chi connectivity index (χ2v) is 5.85. The molecule has 0 atom stereocenters. The summed E-state index contributed by atoms with van der Waals surface area (Å²) in [6.07, 6.45) is 3.94. The lowest BCUT2D eigenvalue weighted by atomic mass is 10.1. The van der Waals surface area contributed by atoms with E-state index in [0.29, 0.717) is 6.54 Å². The van der Waals surface area contributed by atoms with Crippen molar-refractivity contribution in [1.29, 1.82) is 0 Å². The fourth-order valence-electron chi connectivity index (χ4n) is 2.72. The summed E-state index contributed by atoms with van der Waals surface area (Å²) < 4.78 is 7.22. The monoisotopic (exact) mass is 352 g/mol. The van der Waals surface area contributed by atoms with E-state index in [2.05, 4.69) is 38.0 Å². The first-order valence-electron chi connectivity index (χ1n) is 8.66. The molecule has 0 aliphatic heterocycles. The van der Waals surface area contributed by atoms with Crippen molar-refractivity contribution in [2.45, 2.75) is 19.4 Å². The number of methoxy groups -OCH3 is 1. The zero-order chi connectivity index (χ0) is 18.2. The first-order chi connectivity index (χ1) is 12.8. The van der Waals surface area contributed by atoms with E-state index in [0.717, 1.165) is 42.6 Å². The zero-order valence-electron chi connectivity index (χ0n) is 15.1. The van der Waals surface area contributed by atoms with Crippen LogP contribution >= 0.6 is 0 Å². The first-order valence-corrected chi connectivity index (χ1v) is 8.66. The molecule has 0 saturated carbocycles. The van der Waals surface area contributed by atoms with Gasteiger partial charge in [-0.1, -0.05) is 18.2 Å². The number of fused-ring (bicyclic) bond motifs is 1. The number of ether oxygens (including phenoxy) is 1. The normalized spacial score (nSPS) is 11.5. The van der Waals surface area contributed by atoms with Crippen LogP contribution in [0.3, 0.4) is 0 Å². The smallest absolute Gasteiger partial charge is 0.191 e. The third-order valence-electron chi connectivity index (χ3n) is 4.09. The Kier molecular flexibility index (Phi) is 6.03. The Hall–Kier alpha value is -3.09. The highest BCUT2D eigenvalue weighted by Gasteiger charge is 2.05. The van der Waals surface area contributed by atoms with Gasteiger partial charge in [0.25, 0.3) is 0 Å². The van der Waals surface area contributed by atoms with E-state index in [9.17, 15) is 0 Å². The summed E-state index contributed by atoms with van der Waals surface area (Å²) in [6, 6.07) is 14.0. The number of aryl methyl sites for hydroxylation is 1. The summed E-state index contributed by atoms with van der Waals surface area (Å²) in [4.78, 5) is 4.26. The van der Waals surface area contributed by atoms with E-state index in [1.807, 2.05) is 40.9 Å². The molecule has 2 aromatic heterocycles. The van der Waals surface area contributed by atoms with Crippen molar-refractivity contribution in [3.8, 4) is 5.75 Å². The largest absolute Gasteiger partial charge is 0.497 e. The molecule has 7 nitrogen and oxygen atoms in total. The number of nitrogens with one attached hydrogen (secondary N) is 2. The molecule has 2 N–H and O–H groups in total. The van der Waals surface area contributed by atoms with Crippen LogP contribution in [0.1, 0.15) is 17.8 Å². The number of hydrogen-bond acceptors (Lipinski definition) is 4. The number of aliphatic imine (C=N–C) groups is 1. The SMILES string of the molecule is CN=C(NCCCc1cccc(OC)c1)NCc1nnc2ccccn12. The van der Waals surface area contributed by atoms with Crippen molar-refractivity contribution < 1.29 is 4.74 Å². The number of rotatable bonds is 7. The van der Waals surface area contributed by atoms with Gasteiger partial charge in [0, 0.05) is 19.8 Å². The fraction of sp³-hybridized carbons (Fsp3) is 0.316. The number of guanidine groups is 1. The Labute approximate surface area is 153 Å². The van der Waals surface area contributed by atoms with Crippen LogP contribution in [0.25, 0.3) is 5.65 Å². The van der Waals surface area contributed by atoms with Crippen LogP contribution in [0.4, 0.5) is 0 Å². The van der Waals surface area contributed by atoms with Crippen molar-refractivity contribution in [3.63, 3.8) is 0 Å². The Morgan fingerprint density at radius 2 is 2.08 bits per heavy atom. The fourth-order valence-corrected chi connectivity index (χ4v) is 2.72. The molecule has 0 aliphatic rings. The van der Waals surface area contributed by atoms with Gasteiger partial charge in [-0.2, -0.15) is 0 Å². The topological polar surface area (TPSA) is 75.8 Å². The molecule has 0 saturated heterocycles. The average Bonchev–Trinajstić information content (AvgIpc) is 3.11. The second kappa shape index (κ2) is 8.84. The maximum Gasteiger partial charge on any atom is 0.191 e. The molecule has 2 heterocycles. The Morgan fingerprint density at radius 3 is 2.92 bits per heavy atom. The summed E-state index contributed by atoms with van der Waals surface area (Å²) in [5.74, 6) is 2.50. The molecule has 0 radical (unpaired) electrons. The van der Waals surface area contributed by atoms with E-state index in [-0.39, 0.29) is 0 Å². The van der Waals surface area contributed by atoms with Gasteiger partial charge in [-0.05, 0) is 42.7 Å². The Bertz CT molecular complexity index is 873. The van der Waals surface area contributed by atoms with Crippen LogP contribution in [-0.2, 0) is 13.0 Å². The molecule has 7 heteroatoms. The van der Waals surface area contributed by atoms with E-state index in [1.54, 1.807) is 14.2 Å². The predicted molar refractivity (Wildman–Crippen MR) is 103 cm³/mol. The lowest BCUT2D eigenvalue weighted by Crippen LogP contribution is -2.37. The van der Waals surface area contributed by atoms with Crippen LogP contribution < -0.4 is 15.4 Å². The van der Waals surface area contributed by atoms with Gasteiger partial charge >= 0.3 is 0 Å². The van der Waals surface area contributed by atoms with Gasteiger partial charge in [0.15, 0.2) is 17.4 Å². The van der Waals surface area contributed by atoms with E-state index >= 15 is 0 Å². The molecule has 0 amide bonds. The molecule has 3 aromatic rings. The number of aromatic nitrogens is 3. The molecule has 1 aromatic carbocycles. The van der Waals surface area contributed by atoms with Crippen LogP contribution in [-0.4, -0.2) is 41.3 Å². The highest BCUT2D eigenvalue weighted by Crippen LogP contribution is 2.13. The summed E-state index contributed by atoms with van der Waals surface area (Å²) in [7, 11) is 3.45. The molecule has 0 unspecified atom stereocenters. The maximum absolute atomic E-state index is 5.26. The zero-order valence-corrected chi connectivity index (χ0v) is 15.1. The van der Waals surface area contributed by atoms with Gasteiger partial charge in [-0.25, -0.2) is 0 Å². The van der Waals surface area contributed by atoms with E-state index in [1.165, 1.54) is 5.56 Å². The van der Waals surface area contributed by atoms with Crippen LogP contribution in [0, 0.1) is 0 Å². The Balaban J connectivity index is 1.44. The van der Waals surface area contributed by atoms with Crippen LogP contribution in [0.2, 0.25) is 0 Å². The molecular weight excluding hydrogens is 328 g/mol. The summed E-state index contributed by atoms with van der Waals surface area (Å²) in [5, 5.41) is 15.0. The summed E-state index contributed by atoms with van der Waals surface area (Å²) >= 11 is 0. The first kappa shape index (κ1) is 17.7. The number of pyridine rings is 1. The van der Waals surface area contributed by atoms with E-state index < -0.39 is 0 Å². The maximum atomic E-state index is 5.26. The molecule has 136 valence electrons. The van der Waals surface area contributed by atoms with E-state index in [4.69, 9.17) is 4.74 Å². The number of hydrogen-bond donors (Lipinski definition) is 2. The molecular formula is C19H24N6O. The lowest BCUT2D eigenvalue weighted by Gasteiger charge is -2.11. The second-order valence-electron chi connectivity index (χ2n) is 5.85. The predicted octanol–water partition coefficient (Wildman–Crippen LogP) is 2.04. The summed E-state index contributed by atoms with van der Waals surface area (Å²) in [6.45, 7) is 1.39. The molecule has 26 heavy (non-hydrogen) atoms. The van der Waals surface area contributed by atoms with Crippen molar-refractivity contribution >= 4 is 11.6 Å². The minimum Gasteiger partial charge on any atom is -0.497 e. The molecule has 0 spiro atoms. The quantitative estimate of drug-likeness (QED) is 0.387. The van der Waals surface area contributed by atoms with Crippen molar-refractivity contribution in [2.24, 2.45) is 4.99 Å². The van der Waals surface area contributed by atoms with Crippen LogP contribution in [0.5, 0.6) is 5.75 Å². The minimum absolute atomic E-state index is 0.556. The van der Waals surface area contributed by atoms with Gasteiger partial charge in [-0.3, -0.25) is 9.39 Å². The average molecular weight is 352 g/mol. The van der Waals surface area contributed by atoms with Crippen molar-refractivity contribution in [2.75, 3.05) is 20.7 Å². The minimum atomic E-state index is 0.556. The van der Waals surface area contributed by atoms with Gasteiger partial charge in [0.05, 0.1) is 13.7 Å².